The van der Waals surface area contributed by atoms with Gasteiger partial charge in [-0.3, -0.25) is 0 Å². The van der Waals surface area contributed by atoms with E-state index < -0.39 is 0 Å². The van der Waals surface area contributed by atoms with Crippen LogP contribution >= 0.6 is 0 Å². The molecular weight excluding hydrogens is 242 g/mol. The average molecular weight is 263 g/mol. The molecule has 0 radical (unpaired) electrons. The average Bonchev–Trinajstić information content (AvgIpc) is 2.49. The van der Waals surface area contributed by atoms with E-state index >= 15 is 0 Å². The van der Waals surface area contributed by atoms with Gasteiger partial charge in [-0.05, 0) is 55.0 Å². The summed E-state index contributed by atoms with van der Waals surface area (Å²) in [5.41, 5.74) is 1.62. The Bertz CT molecular complexity index is 408. The van der Waals surface area contributed by atoms with Gasteiger partial charge in [0, 0.05) is 13.2 Å². The normalized spacial score (nSPS) is 17.4. The van der Waals surface area contributed by atoms with E-state index in [1.807, 2.05) is 31.2 Å². The molecule has 1 aromatic carbocycles. The fourth-order valence-electron chi connectivity index (χ4n) is 2.20. The van der Waals surface area contributed by atoms with Crippen LogP contribution in [0.25, 0.3) is 0 Å². The molecule has 1 aliphatic heterocycles. The monoisotopic (exact) mass is 263 g/mol. The van der Waals surface area contributed by atoms with Gasteiger partial charge in [0.25, 0.3) is 0 Å². The van der Waals surface area contributed by atoms with Gasteiger partial charge in [-0.1, -0.05) is 12.1 Å². The Balaban J connectivity index is 1.87. The number of nitrogens with zero attached hydrogens (tertiary/aromatic N) is 1. The summed E-state index contributed by atoms with van der Waals surface area (Å²) in [5.74, 6) is 1.46. The molecule has 1 heterocycles. The minimum atomic E-state index is 0.596. The van der Waals surface area contributed by atoms with E-state index in [0.29, 0.717) is 18.1 Å². The molecule has 0 saturated carbocycles. The third-order valence-electron chi connectivity index (χ3n) is 3.47. The van der Waals surface area contributed by atoms with Crippen molar-refractivity contribution in [2.24, 2.45) is 11.1 Å². The maximum absolute atomic E-state index is 8.87. The Hall–Kier alpha value is -1.55. The van der Waals surface area contributed by atoms with Crippen LogP contribution in [0.15, 0.2) is 29.4 Å². The maximum atomic E-state index is 8.87. The lowest BCUT2D eigenvalue weighted by atomic mass is 10.0. The predicted octanol–water partition coefficient (Wildman–Crippen LogP) is 3.08. The third-order valence-corrected chi connectivity index (χ3v) is 3.47. The molecule has 104 valence electrons. The number of benzene rings is 1. The molecule has 1 aromatic rings. The molecule has 1 N–H and O–H groups in total. The molecule has 0 amide bonds. The van der Waals surface area contributed by atoms with Gasteiger partial charge in [-0.15, -0.1) is 0 Å². The highest BCUT2D eigenvalue weighted by molar-refractivity contribution is 6.00. The first-order valence-corrected chi connectivity index (χ1v) is 6.85. The van der Waals surface area contributed by atoms with E-state index in [2.05, 4.69) is 5.16 Å². The largest absolute Gasteiger partial charge is 0.493 e. The van der Waals surface area contributed by atoms with Crippen LogP contribution in [0.3, 0.4) is 0 Å². The van der Waals surface area contributed by atoms with E-state index in [1.54, 1.807) is 0 Å². The molecule has 4 heteroatoms. The lowest BCUT2D eigenvalue weighted by molar-refractivity contribution is 0.0497. The quantitative estimate of drug-likeness (QED) is 0.504. The second-order valence-corrected chi connectivity index (χ2v) is 4.79. The van der Waals surface area contributed by atoms with Crippen molar-refractivity contribution in [3.05, 3.63) is 29.8 Å². The summed E-state index contributed by atoms with van der Waals surface area (Å²) in [5, 5.41) is 12.2. The molecule has 0 aromatic heterocycles. The lowest BCUT2D eigenvalue weighted by Gasteiger charge is -2.22. The minimum absolute atomic E-state index is 0.596. The topological polar surface area (TPSA) is 51.1 Å². The number of hydrogen-bond acceptors (Lipinski definition) is 4. The summed E-state index contributed by atoms with van der Waals surface area (Å²) >= 11 is 0. The zero-order chi connectivity index (χ0) is 13.5. The van der Waals surface area contributed by atoms with Crippen molar-refractivity contribution in [2.45, 2.75) is 26.2 Å². The van der Waals surface area contributed by atoms with E-state index in [0.717, 1.165) is 44.0 Å². The second kappa shape index (κ2) is 7.14. The van der Waals surface area contributed by atoms with Crippen LogP contribution in [0.2, 0.25) is 0 Å². The predicted molar refractivity (Wildman–Crippen MR) is 74.1 cm³/mol. The van der Waals surface area contributed by atoms with Crippen molar-refractivity contribution in [3.8, 4) is 5.75 Å². The first-order chi connectivity index (χ1) is 9.33. The third kappa shape index (κ3) is 3.96. The smallest absolute Gasteiger partial charge is 0.119 e. The van der Waals surface area contributed by atoms with Crippen molar-refractivity contribution in [3.63, 3.8) is 0 Å². The van der Waals surface area contributed by atoms with Crippen LogP contribution in [0.5, 0.6) is 5.75 Å². The van der Waals surface area contributed by atoms with Gasteiger partial charge in [0.1, 0.15) is 5.75 Å². The number of oxime groups is 1. The number of ether oxygens (including phenoxy) is 2. The van der Waals surface area contributed by atoms with Gasteiger partial charge in [-0.2, -0.15) is 0 Å². The van der Waals surface area contributed by atoms with Gasteiger partial charge in [-0.25, -0.2) is 0 Å². The summed E-state index contributed by atoms with van der Waals surface area (Å²) in [6.45, 7) is 4.40. The molecule has 4 nitrogen and oxygen atoms in total. The van der Waals surface area contributed by atoms with Gasteiger partial charge >= 0.3 is 0 Å². The molecule has 0 spiro atoms. The molecule has 0 atom stereocenters. The Morgan fingerprint density at radius 2 is 2.00 bits per heavy atom. The molecule has 0 aliphatic carbocycles. The molecule has 2 rings (SSSR count). The van der Waals surface area contributed by atoms with Crippen LogP contribution in [0.1, 0.15) is 31.7 Å². The van der Waals surface area contributed by atoms with Gasteiger partial charge in [0.2, 0.25) is 0 Å². The Morgan fingerprint density at radius 1 is 1.32 bits per heavy atom. The van der Waals surface area contributed by atoms with Crippen molar-refractivity contribution in [1.82, 2.24) is 0 Å². The zero-order valence-electron chi connectivity index (χ0n) is 11.3. The van der Waals surface area contributed by atoms with Crippen molar-refractivity contribution >= 4 is 5.71 Å². The molecule has 0 unspecified atom stereocenters. The van der Waals surface area contributed by atoms with E-state index in [9.17, 15) is 0 Å². The Kier molecular flexibility index (Phi) is 5.21. The van der Waals surface area contributed by atoms with Crippen molar-refractivity contribution in [2.75, 3.05) is 19.8 Å². The van der Waals surface area contributed by atoms with Crippen LogP contribution in [0, 0.1) is 5.92 Å². The Labute approximate surface area is 114 Å². The minimum Gasteiger partial charge on any atom is -0.493 e. The molecule has 0 bridgehead atoms. The van der Waals surface area contributed by atoms with Crippen LogP contribution in [-0.4, -0.2) is 30.7 Å². The highest BCUT2D eigenvalue weighted by atomic mass is 16.5. The Morgan fingerprint density at radius 3 is 2.58 bits per heavy atom. The number of rotatable bonds is 5. The standard InChI is InChI=1S/C15H21NO3/c1-2-15(16-17)13-3-5-14(6-4-13)19-11-12-7-9-18-10-8-12/h3-6,12,17H,2,7-11H2,1H3. The first kappa shape index (κ1) is 13.9. The second-order valence-electron chi connectivity index (χ2n) is 4.79. The number of hydrogen-bond donors (Lipinski definition) is 1. The highest BCUT2D eigenvalue weighted by Gasteiger charge is 2.14. The summed E-state index contributed by atoms with van der Waals surface area (Å²) in [7, 11) is 0. The van der Waals surface area contributed by atoms with Crippen molar-refractivity contribution in [1.29, 1.82) is 0 Å². The summed E-state index contributed by atoms with van der Waals surface area (Å²) < 4.78 is 11.1. The van der Waals surface area contributed by atoms with E-state index in [-0.39, 0.29) is 0 Å². The van der Waals surface area contributed by atoms with E-state index in [4.69, 9.17) is 14.7 Å². The van der Waals surface area contributed by atoms with Crippen molar-refractivity contribution < 1.29 is 14.7 Å². The van der Waals surface area contributed by atoms with Crippen LogP contribution in [0.4, 0.5) is 0 Å². The molecular formula is C15H21NO3. The molecule has 1 aliphatic rings. The highest BCUT2D eigenvalue weighted by Crippen LogP contribution is 2.18. The first-order valence-electron chi connectivity index (χ1n) is 6.85. The van der Waals surface area contributed by atoms with Gasteiger partial charge in [0.15, 0.2) is 0 Å². The summed E-state index contributed by atoms with van der Waals surface area (Å²) in [4.78, 5) is 0. The molecule has 1 fully saturated rings. The summed E-state index contributed by atoms with van der Waals surface area (Å²) in [6, 6.07) is 7.71. The van der Waals surface area contributed by atoms with Crippen LogP contribution in [-0.2, 0) is 4.74 Å². The van der Waals surface area contributed by atoms with Gasteiger partial charge in [0.05, 0.1) is 12.3 Å². The SMILES string of the molecule is CCC(=NO)c1ccc(OCC2CCOCC2)cc1. The molecule has 19 heavy (non-hydrogen) atoms. The summed E-state index contributed by atoms with van der Waals surface area (Å²) in [6.07, 6.45) is 2.86. The zero-order valence-corrected chi connectivity index (χ0v) is 11.3. The maximum Gasteiger partial charge on any atom is 0.119 e. The van der Waals surface area contributed by atoms with E-state index in [1.165, 1.54) is 0 Å². The van der Waals surface area contributed by atoms with Gasteiger partial charge < -0.3 is 14.7 Å². The molecule has 1 saturated heterocycles. The lowest BCUT2D eigenvalue weighted by Crippen LogP contribution is -2.21. The fraction of sp³-hybridized carbons (Fsp3) is 0.533. The van der Waals surface area contributed by atoms with Crippen LogP contribution < -0.4 is 4.74 Å². The fourth-order valence-corrected chi connectivity index (χ4v) is 2.20.